The van der Waals surface area contributed by atoms with Crippen LogP contribution in [0.5, 0.6) is 5.88 Å². The van der Waals surface area contributed by atoms with Crippen molar-refractivity contribution >= 4 is 17.7 Å². The number of carboxylic acids is 1. The SMILES string of the molecule is CCC1(C(=O)O)CCN(C(=O)Nc2ccc(OC)nc2)C1. The summed E-state index contributed by atoms with van der Waals surface area (Å²) in [4.78, 5) is 29.1. The number of nitrogens with one attached hydrogen (secondary N) is 1. The van der Waals surface area contributed by atoms with Crippen LogP contribution in [0.2, 0.25) is 0 Å². The molecule has 114 valence electrons. The lowest BCUT2D eigenvalue weighted by molar-refractivity contribution is -0.148. The Balaban J connectivity index is 1.99. The number of nitrogens with zero attached hydrogens (tertiary/aromatic N) is 2. The van der Waals surface area contributed by atoms with Gasteiger partial charge in [-0.05, 0) is 18.9 Å². The van der Waals surface area contributed by atoms with Gasteiger partial charge in [-0.1, -0.05) is 6.92 Å². The Bertz CT molecular complexity index is 532. The second-order valence-corrected chi connectivity index (χ2v) is 5.13. The molecule has 0 aromatic carbocycles. The van der Waals surface area contributed by atoms with Gasteiger partial charge in [-0.15, -0.1) is 0 Å². The number of hydrogen-bond acceptors (Lipinski definition) is 4. The summed E-state index contributed by atoms with van der Waals surface area (Å²) in [6.07, 6.45) is 2.49. The standard InChI is InChI=1S/C14H19N3O4/c1-3-14(12(18)19)6-7-17(9-14)13(20)16-10-4-5-11(21-2)15-8-10/h4-5,8H,3,6-7,9H2,1-2H3,(H,16,20)(H,18,19). The third-order valence-corrected chi connectivity index (χ3v) is 3.97. The molecular formula is C14H19N3O4. The molecule has 1 fully saturated rings. The number of ether oxygens (including phenoxy) is 1. The molecule has 1 atom stereocenters. The van der Waals surface area contributed by atoms with Crippen molar-refractivity contribution in [2.24, 2.45) is 5.41 Å². The van der Waals surface area contributed by atoms with E-state index in [1.165, 1.54) is 18.2 Å². The van der Waals surface area contributed by atoms with Gasteiger partial charge < -0.3 is 20.1 Å². The summed E-state index contributed by atoms with van der Waals surface area (Å²) >= 11 is 0. The smallest absolute Gasteiger partial charge is 0.321 e. The molecule has 0 spiro atoms. The van der Waals surface area contributed by atoms with Crippen LogP contribution in [0, 0.1) is 5.41 Å². The lowest BCUT2D eigenvalue weighted by atomic mass is 9.84. The largest absolute Gasteiger partial charge is 0.481 e. The first kappa shape index (κ1) is 15.1. The van der Waals surface area contributed by atoms with E-state index in [1.807, 2.05) is 6.92 Å². The summed E-state index contributed by atoms with van der Waals surface area (Å²) in [7, 11) is 1.51. The molecule has 2 amide bonds. The molecule has 21 heavy (non-hydrogen) atoms. The first-order chi connectivity index (χ1) is 10.0. The maximum Gasteiger partial charge on any atom is 0.321 e. The number of rotatable bonds is 4. The highest BCUT2D eigenvalue weighted by Crippen LogP contribution is 2.34. The minimum Gasteiger partial charge on any atom is -0.481 e. The molecule has 1 saturated heterocycles. The summed E-state index contributed by atoms with van der Waals surface area (Å²) < 4.78 is 4.94. The fourth-order valence-electron chi connectivity index (χ4n) is 2.44. The molecule has 1 aromatic rings. The van der Waals surface area contributed by atoms with Crippen LogP contribution in [0.3, 0.4) is 0 Å². The van der Waals surface area contributed by atoms with Crippen LogP contribution in [0.25, 0.3) is 0 Å². The zero-order chi connectivity index (χ0) is 15.5. The monoisotopic (exact) mass is 293 g/mol. The van der Waals surface area contributed by atoms with Crippen molar-refractivity contribution in [2.45, 2.75) is 19.8 Å². The molecule has 0 bridgehead atoms. The van der Waals surface area contributed by atoms with E-state index in [1.54, 1.807) is 12.1 Å². The van der Waals surface area contributed by atoms with Crippen LogP contribution >= 0.6 is 0 Å². The van der Waals surface area contributed by atoms with Gasteiger partial charge in [-0.2, -0.15) is 0 Å². The number of anilines is 1. The summed E-state index contributed by atoms with van der Waals surface area (Å²) in [5, 5.41) is 12.0. The lowest BCUT2D eigenvalue weighted by Crippen LogP contribution is -2.38. The van der Waals surface area contributed by atoms with Gasteiger partial charge in [0.15, 0.2) is 0 Å². The van der Waals surface area contributed by atoms with Crippen molar-refractivity contribution in [3.8, 4) is 5.88 Å². The van der Waals surface area contributed by atoms with Crippen LogP contribution in [0.1, 0.15) is 19.8 Å². The average Bonchev–Trinajstić information content (AvgIpc) is 2.94. The van der Waals surface area contributed by atoms with Crippen molar-refractivity contribution in [1.82, 2.24) is 9.88 Å². The minimum atomic E-state index is -0.841. The number of carbonyl (C=O) groups is 2. The molecule has 1 unspecified atom stereocenters. The Kier molecular flexibility index (Phi) is 4.30. The number of carboxylic acid groups (broad SMARTS) is 1. The Morgan fingerprint density at radius 1 is 1.52 bits per heavy atom. The van der Waals surface area contributed by atoms with E-state index < -0.39 is 11.4 Å². The fraction of sp³-hybridized carbons (Fsp3) is 0.500. The first-order valence-electron chi connectivity index (χ1n) is 6.80. The molecule has 2 rings (SSSR count). The topological polar surface area (TPSA) is 91.8 Å². The van der Waals surface area contributed by atoms with E-state index >= 15 is 0 Å². The zero-order valence-corrected chi connectivity index (χ0v) is 12.1. The second kappa shape index (κ2) is 5.99. The molecule has 7 heteroatoms. The van der Waals surface area contributed by atoms with Gasteiger partial charge in [0.2, 0.25) is 5.88 Å². The summed E-state index contributed by atoms with van der Waals surface area (Å²) in [5.74, 6) is -0.378. The molecule has 1 aliphatic rings. The number of amides is 2. The van der Waals surface area contributed by atoms with Crippen LogP contribution in [0.15, 0.2) is 18.3 Å². The summed E-state index contributed by atoms with van der Waals surface area (Å²) in [6.45, 7) is 2.51. The molecule has 7 nitrogen and oxygen atoms in total. The molecule has 0 aliphatic carbocycles. The van der Waals surface area contributed by atoms with Gasteiger partial charge in [0.05, 0.1) is 24.4 Å². The number of hydrogen-bond donors (Lipinski definition) is 2. The molecule has 2 heterocycles. The van der Waals surface area contributed by atoms with Gasteiger partial charge in [-0.3, -0.25) is 4.79 Å². The normalized spacial score (nSPS) is 21.1. The Labute approximate surface area is 122 Å². The molecular weight excluding hydrogens is 274 g/mol. The van der Waals surface area contributed by atoms with Crippen LogP contribution in [0.4, 0.5) is 10.5 Å². The van der Waals surface area contributed by atoms with Crippen LogP contribution in [-0.2, 0) is 4.79 Å². The third kappa shape index (κ3) is 3.07. The Hall–Kier alpha value is -2.31. The van der Waals surface area contributed by atoms with Crippen LogP contribution < -0.4 is 10.1 Å². The number of aliphatic carboxylic acids is 1. The van der Waals surface area contributed by atoms with Crippen LogP contribution in [-0.4, -0.2) is 47.2 Å². The van der Waals surface area contributed by atoms with Gasteiger partial charge >= 0.3 is 12.0 Å². The van der Waals surface area contributed by atoms with E-state index in [-0.39, 0.29) is 12.6 Å². The van der Waals surface area contributed by atoms with E-state index in [0.29, 0.717) is 31.0 Å². The minimum absolute atomic E-state index is 0.230. The maximum absolute atomic E-state index is 12.2. The molecule has 1 aromatic heterocycles. The fourth-order valence-corrected chi connectivity index (χ4v) is 2.44. The molecule has 2 N–H and O–H groups in total. The van der Waals surface area contributed by atoms with Gasteiger partial charge in [-0.25, -0.2) is 9.78 Å². The van der Waals surface area contributed by atoms with Crippen molar-refractivity contribution in [1.29, 1.82) is 0 Å². The van der Waals surface area contributed by atoms with Gasteiger partial charge in [0.25, 0.3) is 0 Å². The quantitative estimate of drug-likeness (QED) is 0.883. The molecule has 0 saturated carbocycles. The van der Waals surface area contributed by atoms with Crippen molar-refractivity contribution in [3.05, 3.63) is 18.3 Å². The summed E-state index contributed by atoms with van der Waals surface area (Å²) in [5.41, 5.74) is -0.278. The lowest BCUT2D eigenvalue weighted by Gasteiger charge is -2.23. The number of pyridine rings is 1. The second-order valence-electron chi connectivity index (χ2n) is 5.13. The number of aromatic nitrogens is 1. The number of methoxy groups -OCH3 is 1. The third-order valence-electron chi connectivity index (χ3n) is 3.97. The maximum atomic E-state index is 12.2. The average molecular weight is 293 g/mol. The molecule has 0 radical (unpaired) electrons. The highest BCUT2D eigenvalue weighted by Gasteiger charge is 2.44. The zero-order valence-electron chi connectivity index (χ0n) is 12.1. The number of likely N-dealkylation sites (tertiary alicyclic amines) is 1. The van der Waals surface area contributed by atoms with Crippen molar-refractivity contribution in [3.63, 3.8) is 0 Å². The molecule has 1 aliphatic heterocycles. The van der Waals surface area contributed by atoms with E-state index in [2.05, 4.69) is 10.3 Å². The van der Waals surface area contributed by atoms with Gasteiger partial charge in [0, 0.05) is 19.2 Å². The van der Waals surface area contributed by atoms with Gasteiger partial charge in [0.1, 0.15) is 0 Å². The van der Waals surface area contributed by atoms with Crippen molar-refractivity contribution in [2.75, 3.05) is 25.5 Å². The predicted molar refractivity (Wildman–Crippen MR) is 76.4 cm³/mol. The Morgan fingerprint density at radius 3 is 2.76 bits per heavy atom. The van der Waals surface area contributed by atoms with Crippen molar-refractivity contribution < 1.29 is 19.4 Å². The first-order valence-corrected chi connectivity index (χ1v) is 6.80. The highest BCUT2D eigenvalue weighted by atomic mass is 16.5. The number of carbonyl (C=O) groups excluding carboxylic acids is 1. The number of urea groups is 1. The Morgan fingerprint density at radius 2 is 2.29 bits per heavy atom. The van der Waals surface area contributed by atoms with E-state index in [0.717, 1.165) is 0 Å². The highest BCUT2D eigenvalue weighted by molar-refractivity contribution is 5.90. The van der Waals surface area contributed by atoms with E-state index in [9.17, 15) is 14.7 Å². The summed E-state index contributed by atoms with van der Waals surface area (Å²) in [6, 6.07) is 3.02. The van der Waals surface area contributed by atoms with E-state index in [4.69, 9.17) is 4.74 Å². The predicted octanol–water partition coefficient (Wildman–Crippen LogP) is 1.81.